The van der Waals surface area contributed by atoms with E-state index in [9.17, 15) is 18.0 Å². The van der Waals surface area contributed by atoms with Crippen molar-refractivity contribution in [2.45, 2.75) is 6.42 Å². The van der Waals surface area contributed by atoms with Crippen molar-refractivity contribution in [3.05, 3.63) is 65.5 Å². The average Bonchev–Trinajstić information content (AvgIpc) is 2.26. The number of hydrogen-bond donors (Lipinski definition) is 1. The van der Waals surface area contributed by atoms with Crippen molar-refractivity contribution in [1.29, 1.82) is 0 Å². The Morgan fingerprint density at radius 3 is 2.26 bits per heavy atom. The number of nitrogens with one attached hydrogen (secondary N) is 1. The highest BCUT2D eigenvalue weighted by molar-refractivity contribution is 5.92. The van der Waals surface area contributed by atoms with Crippen molar-refractivity contribution in [1.82, 2.24) is 0 Å². The predicted octanol–water partition coefficient (Wildman–Crippen LogP) is 3.29. The molecule has 19 heavy (non-hydrogen) atoms. The Labute approximate surface area is 107 Å². The lowest BCUT2D eigenvalue weighted by Gasteiger charge is -2.06. The smallest absolute Gasteiger partial charge is 0.228 e. The van der Waals surface area contributed by atoms with Gasteiger partial charge < -0.3 is 5.32 Å². The summed E-state index contributed by atoms with van der Waals surface area (Å²) in [5, 5.41) is 2.35. The number of amides is 1. The van der Waals surface area contributed by atoms with Crippen LogP contribution in [-0.4, -0.2) is 5.91 Å². The molecule has 0 atom stereocenters. The van der Waals surface area contributed by atoms with E-state index >= 15 is 0 Å². The summed E-state index contributed by atoms with van der Waals surface area (Å²) < 4.78 is 38.8. The van der Waals surface area contributed by atoms with Gasteiger partial charge in [0.25, 0.3) is 0 Å². The lowest BCUT2D eigenvalue weighted by molar-refractivity contribution is -0.115. The molecule has 98 valence electrons. The summed E-state index contributed by atoms with van der Waals surface area (Å²) >= 11 is 0. The quantitative estimate of drug-likeness (QED) is 0.906. The van der Waals surface area contributed by atoms with E-state index in [0.29, 0.717) is 11.6 Å². The molecule has 2 aromatic carbocycles. The van der Waals surface area contributed by atoms with Crippen LogP contribution in [0.2, 0.25) is 0 Å². The number of rotatable bonds is 3. The van der Waals surface area contributed by atoms with Crippen LogP contribution >= 0.6 is 0 Å². The number of halogens is 3. The number of benzene rings is 2. The van der Waals surface area contributed by atoms with Crippen LogP contribution in [0.15, 0.2) is 42.5 Å². The first kappa shape index (κ1) is 13.1. The average molecular weight is 265 g/mol. The molecule has 2 rings (SSSR count). The van der Waals surface area contributed by atoms with Crippen LogP contribution in [0.3, 0.4) is 0 Å². The molecule has 5 heteroatoms. The van der Waals surface area contributed by atoms with Crippen molar-refractivity contribution in [2.75, 3.05) is 5.32 Å². The third-order valence-corrected chi connectivity index (χ3v) is 2.40. The normalized spacial score (nSPS) is 10.3. The molecular weight excluding hydrogens is 255 g/mol. The van der Waals surface area contributed by atoms with Gasteiger partial charge in [-0.2, -0.15) is 0 Å². The van der Waals surface area contributed by atoms with Gasteiger partial charge in [-0.3, -0.25) is 4.79 Å². The molecule has 0 saturated carbocycles. The Kier molecular flexibility index (Phi) is 3.85. The van der Waals surface area contributed by atoms with Gasteiger partial charge in [0.1, 0.15) is 17.5 Å². The van der Waals surface area contributed by atoms with Gasteiger partial charge in [-0.25, -0.2) is 13.2 Å². The molecule has 0 aliphatic rings. The van der Waals surface area contributed by atoms with Gasteiger partial charge in [0.2, 0.25) is 5.91 Å². The molecule has 2 nitrogen and oxygen atoms in total. The van der Waals surface area contributed by atoms with Crippen molar-refractivity contribution in [3.63, 3.8) is 0 Å². The van der Waals surface area contributed by atoms with Gasteiger partial charge in [-0.15, -0.1) is 0 Å². The fourth-order valence-electron chi connectivity index (χ4n) is 1.66. The molecule has 0 aromatic heterocycles. The van der Waals surface area contributed by atoms with Crippen LogP contribution in [0.5, 0.6) is 0 Å². The summed E-state index contributed by atoms with van der Waals surface area (Å²) in [5.74, 6) is -2.47. The molecule has 2 aromatic rings. The Hall–Kier alpha value is -2.30. The van der Waals surface area contributed by atoms with E-state index < -0.39 is 23.4 Å². The molecular formula is C14H10F3NO. The van der Waals surface area contributed by atoms with Gasteiger partial charge in [-0.1, -0.05) is 12.1 Å². The minimum absolute atomic E-state index is 0.0268. The molecule has 0 aliphatic carbocycles. The Balaban J connectivity index is 2.05. The van der Waals surface area contributed by atoms with Crippen LogP contribution in [0.1, 0.15) is 5.56 Å². The fourth-order valence-corrected chi connectivity index (χ4v) is 1.66. The SMILES string of the molecule is O=C(Cc1cccc(F)c1)Nc1cc(F)cc(F)c1. The zero-order valence-electron chi connectivity index (χ0n) is 9.79. The topological polar surface area (TPSA) is 29.1 Å². The standard InChI is InChI=1S/C14H10F3NO/c15-10-3-1-2-9(4-10)5-14(19)18-13-7-11(16)6-12(17)8-13/h1-4,6-8H,5H2,(H,18,19). The van der Waals surface area contributed by atoms with E-state index in [1.165, 1.54) is 18.2 Å². The largest absolute Gasteiger partial charge is 0.326 e. The van der Waals surface area contributed by atoms with Gasteiger partial charge in [-0.05, 0) is 29.8 Å². The van der Waals surface area contributed by atoms with Crippen molar-refractivity contribution in [2.24, 2.45) is 0 Å². The van der Waals surface area contributed by atoms with Crippen LogP contribution in [0, 0.1) is 17.5 Å². The predicted molar refractivity (Wildman–Crippen MR) is 65.1 cm³/mol. The molecule has 0 bridgehead atoms. The van der Waals surface area contributed by atoms with Gasteiger partial charge >= 0.3 is 0 Å². The summed E-state index contributed by atoms with van der Waals surface area (Å²) in [6.45, 7) is 0. The van der Waals surface area contributed by atoms with Crippen molar-refractivity contribution < 1.29 is 18.0 Å². The number of carbonyl (C=O) groups is 1. The molecule has 0 saturated heterocycles. The molecule has 0 heterocycles. The molecule has 0 spiro atoms. The fraction of sp³-hybridized carbons (Fsp3) is 0.0714. The van der Waals surface area contributed by atoms with Crippen molar-refractivity contribution in [3.8, 4) is 0 Å². The molecule has 0 unspecified atom stereocenters. The van der Waals surface area contributed by atoms with E-state index in [1.807, 2.05) is 0 Å². The maximum absolute atomic E-state index is 12.9. The lowest BCUT2D eigenvalue weighted by Crippen LogP contribution is -2.14. The lowest BCUT2D eigenvalue weighted by atomic mass is 10.1. The monoisotopic (exact) mass is 265 g/mol. The third-order valence-electron chi connectivity index (χ3n) is 2.40. The number of carbonyl (C=O) groups excluding carboxylic acids is 1. The Morgan fingerprint density at radius 1 is 0.947 bits per heavy atom. The minimum atomic E-state index is -0.777. The van der Waals surface area contributed by atoms with Gasteiger partial charge in [0.15, 0.2) is 0 Å². The van der Waals surface area contributed by atoms with Crippen LogP contribution in [0.25, 0.3) is 0 Å². The minimum Gasteiger partial charge on any atom is -0.326 e. The molecule has 0 radical (unpaired) electrons. The second kappa shape index (κ2) is 5.56. The van der Waals surface area contributed by atoms with Crippen LogP contribution in [0.4, 0.5) is 18.9 Å². The second-order valence-corrected chi connectivity index (χ2v) is 4.01. The van der Waals surface area contributed by atoms with E-state index in [0.717, 1.165) is 12.1 Å². The Morgan fingerprint density at radius 2 is 1.63 bits per heavy atom. The highest BCUT2D eigenvalue weighted by Gasteiger charge is 2.07. The molecule has 1 N–H and O–H groups in total. The van der Waals surface area contributed by atoms with Crippen LogP contribution in [-0.2, 0) is 11.2 Å². The van der Waals surface area contributed by atoms with E-state index in [1.54, 1.807) is 6.07 Å². The van der Waals surface area contributed by atoms with E-state index in [-0.39, 0.29) is 12.1 Å². The summed E-state index contributed by atoms with van der Waals surface area (Å²) in [6.07, 6.45) is -0.0735. The zero-order valence-corrected chi connectivity index (χ0v) is 9.79. The zero-order chi connectivity index (χ0) is 13.8. The maximum Gasteiger partial charge on any atom is 0.228 e. The molecule has 1 amide bonds. The van der Waals surface area contributed by atoms with E-state index in [2.05, 4.69) is 5.32 Å². The highest BCUT2D eigenvalue weighted by Crippen LogP contribution is 2.13. The number of hydrogen-bond acceptors (Lipinski definition) is 1. The second-order valence-electron chi connectivity index (χ2n) is 4.01. The first-order chi connectivity index (χ1) is 9.02. The highest BCUT2D eigenvalue weighted by atomic mass is 19.1. The van der Waals surface area contributed by atoms with Crippen molar-refractivity contribution >= 4 is 11.6 Å². The van der Waals surface area contributed by atoms with Gasteiger partial charge in [0.05, 0.1) is 6.42 Å². The van der Waals surface area contributed by atoms with E-state index in [4.69, 9.17) is 0 Å². The summed E-state index contributed by atoms with van der Waals surface area (Å²) in [6, 6.07) is 8.30. The maximum atomic E-state index is 12.9. The van der Waals surface area contributed by atoms with Gasteiger partial charge in [0, 0.05) is 11.8 Å². The molecule has 0 fully saturated rings. The number of anilines is 1. The summed E-state index contributed by atoms with van der Waals surface area (Å²) in [5.41, 5.74) is 0.508. The first-order valence-electron chi connectivity index (χ1n) is 5.53. The van der Waals surface area contributed by atoms with Crippen LogP contribution < -0.4 is 5.32 Å². The first-order valence-corrected chi connectivity index (χ1v) is 5.53. The Bertz CT molecular complexity index is 593. The molecule has 0 aliphatic heterocycles. The third kappa shape index (κ3) is 3.84. The summed E-state index contributed by atoms with van der Waals surface area (Å²) in [4.78, 5) is 11.6. The summed E-state index contributed by atoms with van der Waals surface area (Å²) in [7, 11) is 0.